The van der Waals surface area contributed by atoms with Gasteiger partial charge in [0.25, 0.3) is 0 Å². The van der Waals surface area contributed by atoms with Crippen LogP contribution in [-0.2, 0) is 6.54 Å². The quantitative estimate of drug-likeness (QED) is 0.511. The topological polar surface area (TPSA) is 61.3 Å². The first kappa shape index (κ1) is 21.5. The molecule has 162 valence electrons. The maximum Gasteiger partial charge on any atom is 0.145 e. The molecule has 1 aliphatic rings. The minimum atomic E-state index is 0.220. The average molecular weight is 417 g/mol. The highest BCUT2D eigenvalue weighted by Gasteiger charge is 2.23. The third-order valence-corrected chi connectivity index (χ3v) is 6.08. The molecule has 0 amide bonds. The van der Waals surface area contributed by atoms with Crippen molar-refractivity contribution < 1.29 is 5.11 Å². The number of hydrogen-bond donors (Lipinski definition) is 2. The second-order valence-corrected chi connectivity index (χ2v) is 8.33. The summed E-state index contributed by atoms with van der Waals surface area (Å²) in [6.07, 6.45) is 8.00. The fourth-order valence-corrected chi connectivity index (χ4v) is 4.37. The Bertz CT molecular complexity index is 945. The Morgan fingerprint density at radius 3 is 2.65 bits per heavy atom. The van der Waals surface area contributed by atoms with E-state index < -0.39 is 0 Å². The molecule has 4 rings (SSSR count). The minimum Gasteiger partial charge on any atom is -0.395 e. The van der Waals surface area contributed by atoms with Gasteiger partial charge in [0.05, 0.1) is 30.7 Å². The number of anilines is 1. The lowest BCUT2D eigenvalue weighted by atomic mass is 10.0. The van der Waals surface area contributed by atoms with Gasteiger partial charge in [-0.05, 0) is 36.9 Å². The molecule has 1 saturated heterocycles. The number of rotatable bonds is 9. The van der Waals surface area contributed by atoms with Crippen LogP contribution in [0, 0.1) is 0 Å². The van der Waals surface area contributed by atoms with E-state index in [1.807, 2.05) is 12.3 Å². The van der Waals surface area contributed by atoms with Crippen molar-refractivity contribution in [2.75, 3.05) is 18.5 Å². The summed E-state index contributed by atoms with van der Waals surface area (Å²) in [6.45, 7) is 4.39. The minimum absolute atomic E-state index is 0.220. The number of aliphatic hydroxyl groups is 1. The summed E-state index contributed by atoms with van der Waals surface area (Å²) in [5.41, 5.74) is 4.46. The number of aliphatic hydroxyl groups excluding tert-OH is 1. The van der Waals surface area contributed by atoms with E-state index in [1.54, 1.807) is 6.20 Å². The maximum atomic E-state index is 9.54. The van der Waals surface area contributed by atoms with Crippen molar-refractivity contribution in [1.29, 1.82) is 0 Å². The van der Waals surface area contributed by atoms with Crippen LogP contribution in [0.5, 0.6) is 0 Å². The average Bonchev–Trinajstić information content (AvgIpc) is 3.27. The van der Waals surface area contributed by atoms with Gasteiger partial charge < -0.3 is 10.4 Å². The Morgan fingerprint density at radius 2 is 1.90 bits per heavy atom. The highest BCUT2D eigenvalue weighted by molar-refractivity contribution is 5.60. The molecular weight excluding hydrogens is 384 g/mol. The summed E-state index contributed by atoms with van der Waals surface area (Å²) in [4.78, 5) is 11.6. The monoisotopic (exact) mass is 416 g/mol. The van der Waals surface area contributed by atoms with Gasteiger partial charge in [-0.3, -0.25) is 9.88 Å². The molecule has 1 unspecified atom stereocenters. The lowest BCUT2D eigenvalue weighted by molar-refractivity contribution is 0.153. The molecule has 31 heavy (non-hydrogen) atoms. The smallest absolute Gasteiger partial charge is 0.145 e. The fourth-order valence-electron chi connectivity index (χ4n) is 4.37. The van der Waals surface area contributed by atoms with Crippen LogP contribution in [-0.4, -0.2) is 39.2 Å². The molecule has 1 fully saturated rings. The van der Waals surface area contributed by atoms with Gasteiger partial charge >= 0.3 is 0 Å². The summed E-state index contributed by atoms with van der Waals surface area (Å²) >= 11 is 0. The summed E-state index contributed by atoms with van der Waals surface area (Å²) in [7, 11) is 0. The first-order valence-corrected chi connectivity index (χ1v) is 11.3. The van der Waals surface area contributed by atoms with Gasteiger partial charge in [-0.15, -0.1) is 0 Å². The van der Waals surface area contributed by atoms with Gasteiger partial charge in [0.2, 0.25) is 0 Å². The van der Waals surface area contributed by atoms with Gasteiger partial charge in [0.15, 0.2) is 0 Å². The van der Waals surface area contributed by atoms with Crippen molar-refractivity contribution in [3.8, 4) is 11.3 Å². The number of likely N-dealkylation sites (tertiary alicyclic amines) is 1. The first-order valence-electron chi connectivity index (χ1n) is 11.3. The normalized spacial score (nSPS) is 17.5. The number of aromatic nitrogens is 2. The molecular formula is C26H32N4O. The van der Waals surface area contributed by atoms with Crippen molar-refractivity contribution in [2.45, 2.75) is 51.2 Å². The molecule has 1 aromatic heterocycles. The maximum absolute atomic E-state index is 9.54. The van der Waals surface area contributed by atoms with E-state index in [0.717, 1.165) is 49.4 Å². The molecule has 1 aliphatic heterocycles. The molecule has 2 aromatic carbocycles. The Morgan fingerprint density at radius 1 is 1.10 bits per heavy atom. The van der Waals surface area contributed by atoms with Crippen molar-refractivity contribution in [3.63, 3.8) is 0 Å². The van der Waals surface area contributed by atoms with Crippen molar-refractivity contribution in [2.24, 2.45) is 0 Å². The van der Waals surface area contributed by atoms with Crippen molar-refractivity contribution in [1.82, 2.24) is 14.9 Å². The molecule has 0 aliphatic carbocycles. The molecule has 0 saturated carbocycles. The second kappa shape index (κ2) is 10.5. The summed E-state index contributed by atoms with van der Waals surface area (Å²) in [5.74, 6) is 0.798. The molecule has 2 atom stereocenters. The van der Waals surface area contributed by atoms with E-state index in [0.29, 0.717) is 6.04 Å². The number of nitrogens with zero attached hydrogens (tertiary/aromatic N) is 3. The third-order valence-electron chi connectivity index (χ3n) is 6.08. The van der Waals surface area contributed by atoms with E-state index >= 15 is 0 Å². The van der Waals surface area contributed by atoms with E-state index in [9.17, 15) is 5.11 Å². The predicted octanol–water partition coefficient (Wildman–Crippen LogP) is 5.05. The van der Waals surface area contributed by atoms with Crippen LogP contribution in [0.25, 0.3) is 11.3 Å². The Labute approximate surface area is 185 Å². The van der Waals surface area contributed by atoms with E-state index in [-0.39, 0.29) is 12.6 Å². The standard InChI is InChI=1S/C26H32N4O/c1-2-7-24(21-8-4-3-5-9-21)28-26-17-27-16-25(29-26)22-13-11-20(12-14-22)18-30-15-6-10-23(30)19-31/h3-5,8-9,11-14,16-17,23-24,31H,2,6-7,10,15,18-19H2,1H3,(H,28,29)/t23-,24?/m0/s1. The van der Waals surface area contributed by atoms with E-state index in [4.69, 9.17) is 4.98 Å². The molecule has 2 heterocycles. The van der Waals surface area contributed by atoms with E-state index in [1.165, 1.54) is 17.5 Å². The molecule has 0 spiro atoms. The Balaban J connectivity index is 1.46. The van der Waals surface area contributed by atoms with Gasteiger partial charge in [-0.2, -0.15) is 0 Å². The lowest BCUT2D eigenvalue weighted by Gasteiger charge is -2.22. The van der Waals surface area contributed by atoms with Crippen LogP contribution in [0.1, 0.15) is 49.8 Å². The van der Waals surface area contributed by atoms with Crippen molar-refractivity contribution in [3.05, 3.63) is 78.1 Å². The first-order chi connectivity index (χ1) is 15.3. The number of hydrogen-bond acceptors (Lipinski definition) is 5. The van der Waals surface area contributed by atoms with Crippen LogP contribution in [0.3, 0.4) is 0 Å². The highest BCUT2D eigenvalue weighted by atomic mass is 16.3. The zero-order valence-electron chi connectivity index (χ0n) is 18.2. The zero-order valence-corrected chi connectivity index (χ0v) is 18.2. The van der Waals surface area contributed by atoms with Gasteiger partial charge in [0.1, 0.15) is 5.82 Å². The van der Waals surface area contributed by atoms with E-state index in [2.05, 4.69) is 70.7 Å². The fraction of sp³-hybridized carbons (Fsp3) is 0.385. The Kier molecular flexibility index (Phi) is 7.28. The van der Waals surface area contributed by atoms with Crippen LogP contribution in [0.15, 0.2) is 67.0 Å². The summed E-state index contributed by atoms with van der Waals surface area (Å²) in [5, 5.41) is 13.1. The molecule has 5 heteroatoms. The predicted molar refractivity (Wildman–Crippen MR) is 126 cm³/mol. The number of nitrogens with one attached hydrogen (secondary N) is 1. The molecule has 3 aromatic rings. The van der Waals surface area contributed by atoms with Gasteiger partial charge in [-0.1, -0.05) is 67.9 Å². The Hall–Kier alpha value is -2.76. The van der Waals surface area contributed by atoms with Gasteiger partial charge in [-0.25, -0.2) is 4.98 Å². The largest absolute Gasteiger partial charge is 0.395 e. The summed E-state index contributed by atoms with van der Waals surface area (Å²) in [6, 6.07) is 19.6. The molecule has 0 radical (unpaired) electrons. The highest BCUT2D eigenvalue weighted by Crippen LogP contribution is 2.25. The van der Waals surface area contributed by atoms with Crippen LogP contribution >= 0.6 is 0 Å². The van der Waals surface area contributed by atoms with Crippen LogP contribution in [0.4, 0.5) is 5.82 Å². The molecule has 5 nitrogen and oxygen atoms in total. The van der Waals surface area contributed by atoms with Crippen LogP contribution < -0.4 is 5.32 Å². The third kappa shape index (κ3) is 5.49. The van der Waals surface area contributed by atoms with Crippen LogP contribution in [0.2, 0.25) is 0 Å². The molecule has 2 N–H and O–H groups in total. The number of benzene rings is 2. The summed E-state index contributed by atoms with van der Waals surface area (Å²) < 4.78 is 0. The molecule has 0 bridgehead atoms. The lowest BCUT2D eigenvalue weighted by Crippen LogP contribution is -2.31. The van der Waals surface area contributed by atoms with Crippen molar-refractivity contribution >= 4 is 5.82 Å². The zero-order chi connectivity index (χ0) is 21.5. The SMILES string of the molecule is CCCC(Nc1cncc(-c2ccc(CN3CCC[C@H]3CO)cc2)n1)c1ccccc1. The van der Waals surface area contributed by atoms with Gasteiger partial charge in [0, 0.05) is 18.2 Å². The second-order valence-electron chi connectivity index (χ2n) is 8.33.